The highest BCUT2D eigenvalue weighted by atomic mass is 19.4. The molecule has 0 bridgehead atoms. The zero-order valence-electron chi connectivity index (χ0n) is 4.00. The molecule has 4 nitrogen and oxygen atoms in total. The molecule has 0 aliphatic heterocycles. The molecule has 0 N–H and O–H groups in total. The summed E-state index contributed by atoms with van der Waals surface area (Å²) in [5, 5.41) is 8.25. The van der Waals surface area contributed by atoms with Gasteiger partial charge in [0.15, 0.2) is 6.33 Å². The standard InChI is InChI=1S/C2HF3N4/c3-2(4,5)9-7-1-6-8-9/h1H. The van der Waals surface area contributed by atoms with Crippen molar-refractivity contribution < 1.29 is 13.2 Å². The highest BCUT2D eigenvalue weighted by Crippen LogP contribution is 2.17. The Bertz CT molecular complexity index is 176. The number of nitrogens with zero attached hydrogens (tertiary/aromatic N) is 4. The lowest BCUT2D eigenvalue weighted by atomic mass is 11.2. The number of tetrazole rings is 1. The maximum Gasteiger partial charge on any atom is 0.522 e. The minimum Gasteiger partial charge on any atom is -0.147 e. The molecular formula is C2HF3N4. The van der Waals surface area contributed by atoms with Crippen LogP contribution in [-0.4, -0.2) is 20.2 Å². The smallest absolute Gasteiger partial charge is 0.147 e. The van der Waals surface area contributed by atoms with Crippen molar-refractivity contribution >= 4 is 0 Å². The SMILES string of the molecule is FC(F)(F)n1ncnn1. The molecule has 1 rings (SSSR count). The zero-order chi connectivity index (χ0) is 6.91. The summed E-state index contributed by atoms with van der Waals surface area (Å²) >= 11 is 0. The maximum atomic E-state index is 11.4. The molecule has 7 heteroatoms. The molecule has 1 aromatic heterocycles. The van der Waals surface area contributed by atoms with Crippen LogP contribution in [0.2, 0.25) is 0 Å². The van der Waals surface area contributed by atoms with Gasteiger partial charge in [-0.15, -0.1) is 23.4 Å². The quantitative estimate of drug-likeness (QED) is 0.512. The first-order valence-electron chi connectivity index (χ1n) is 1.91. The van der Waals surface area contributed by atoms with Gasteiger partial charge in [-0.2, -0.15) is 0 Å². The molecule has 0 radical (unpaired) electrons. The molecule has 0 atom stereocenters. The maximum absolute atomic E-state index is 11.4. The van der Waals surface area contributed by atoms with E-state index in [-0.39, 0.29) is 0 Å². The van der Waals surface area contributed by atoms with Gasteiger partial charge in [0.2, 0.25) is 0 Å². The second-order valence-electron chi connectivity index (χ2n) is 1.19. The topological polar surface area (TPSA) is 43.6 Å². The highest BCUT2D eigenvalue weighted by Gasteiger charge is 2.33. The molecule has 9 heavy (non-hydrogen) atoms. The Balaban J connectivity index is 2.90. The third-order valence-electron chi connectivity index (χ3n) is 0.576. The van der Waals surface area contributed by atoms with Crippen LogP contribution in [0.5, 0.6) is 0 Å². The molecule has 1 aromatic rings. The van der Waals surface area contributed by atoms with Crippen molar-refractivity contribution in [3.05, 3.63) is 6.33 Å². The summed E-state index contributed by atoms with van der Waals surface area (Å²) in [7, 11) is 0. The number of hydrogen-bond acceptors (Lipinski definition) is 3. The molecule has 0 unspecified atom stereocenters. The van der Waals surface area contributed by atoms with Gasteiger partial charge in [-0.05, 0) is 5.21 Å². The monoisotopic (exact) mass is 138 g/mol. The summed E-state index contributed by atoms with van der Waals surface area (Å²) < 4.78 is 34.3. The van der Waals surface area contributed by atoms with Crippen molar-refractivity contribution in [3.8, 4) is 0 Å². The Morgan fingerprint density at radius 1 is 1.33 bits per heavy atom. The molecule has 1 heterocycles. The second kappa shape index (κ2) is 1.67. The van der Waals surface area contributed by atoms with Gasteiger partial charge < -0.3 is 0 Å². The van der Waals surface area contributed by atoms with E-state index in [0.29, 0.717) is 6.33 Å². The van der Waals surface area contributed by atoms with E-state index in [1.165, 1.54) is 0 Å². The van der Waals surface area contributed by atoms with E-state index >= 15 is 0 Å². The second-order valence-corrected chi connectivity index (χ2v) is 1.19. The predicted molar refractivity (Wildman–Crippen MR) is 19.1 cm³/mol. The number of aromatic nitrogens is 4. The van der Waals surface area contributed by atoms with Gasteiger partial charge in [0.1, 0.15) is 0 Å². The fourth-order valence-corrected chi connectivity index (χ4v) is 0.283. The first kappa shape index (κ1) is 5.99. The minimum absolute atomic E-state index is 0.424. The van der Waals surface area contributed by atoms with E-state index in [4.69, 9.17) is 0 Å². The van der Waals surface area contributed by atoms with Crippen molar-refractivity contribution in [1.82, 2.24) is 20.2 Å². The molecule has 0 aliphatic rings. The third kappa shape index (κ3) is 1.15. The van der Waals surface area contributed by atoms with Gasteiger partial charge in [0, 0.05) is 0 Å². The first-order chi connectivity index (χ1) is 4.11. The van der Waals surface area contributed by atoms with Crippen LogP contribution >= 0.6 is 0 Å². The van der Waals surface area contributed by atoms with E-state index in [1.807, 2.05) is 0 Å². The molecular weight excluding hydrogens is 137 g/mol. The molecule has 0 saturated carbocycles. The van der Waals surface area contributed by atoms with E-state index in [1.54, 1.807) is 0 Å². The minimum atomic E-state index is -4.55. The van der Waals surface area contributed by atoms with Gasteiger partial charge in [0.25, 0.3) is 0 Å². The Hall–Kier alpha value is -1.14. The van der Waals surface area contributed by atoms with E-state index < -0.39 is 11.1 Å². The van der Waals surface area contributed by atoms with Crippen molar-refractivity contribution in [1.29, 1.82) is 0 Å². The lowest BCUT2D eigenvalue weighted by Crippen LogP contribution is -2.19. The van der Waals surface area contributed by atoms with Crippen LogP contribution in [0, 0.1) is 0 Å². The molecule has 50 valence electrons. The van der Waals surface area contributed by atoms with Crippen molar-refractivity contribution in [2.45, 2.75) is 6.30 Å². The summed E-state index contributed by atoms with van der Waals surface area (Å²) in [5.74, 6) is 0. The third-order valence-corrected chi connectivity index (χ3v) is 0.576. The van der Waals surface area contributed by atoms with Gasteiger partial charge in [-0.25, -0.2) is 0 Å². The van der Waals surface area contributed by atoms with E-state index in [2.05, 4.69) is 15.4 Å². The van der Waals surface area contributed by atoms with E-state index in [0.717, 1.165) is 0 Å². The van der Waals surface area contributed by atoms with Crippen LogP contribution in [-0.2, 0) is 6.30 Å². The fourth-order valence-electron chi connectivity index (χ4n) is 0.283. The molecule has 0 aliphatic carbocycles. The summed E-state index contributed by atoms with van der Waals surface area (Å²) in [6, 6.07) is 0. The Labute approximate surface area is 47.3 Å². The number of halogens is 3. The number of rotatable bonds is 0. The average Bonchev–Trinajstić information content (AvgIpc) is 2.08. The van der Waals surface area contributed by atoms with Crippen LogP contribution < -0.4 is 0 Å². The van der Waals surface area contributed by atoms with Gasteiger partial charge in [-0.3, -0.25) is 0 Å². The summed E-state index contributed by atoms with van der Waals surface area (Å²) in [4.78, 5) is -0.424. The van der Waals surface area contributed by atoms with Crippen LogP contribution in [0.15, 0.2) is 6.33 Å². The summed E-state index contributed by atoms with van der Waals surface area (Å²) in [6.07, 6.45) is -3.83. The Morgan fingerprint density at radius 2 is 2.00 bits per heavy atom. The molecule has 0 saturated heterocycles. The van der Waals surface area contributed by atoms with Crippen molar-refractivity contribution in [2.75, 3.05) is 0 Å². The van der Waals surface area contributed by atoms with Crippen molar-refractivity contribution in [2.24, 2.45) is 0 Å². The fraction of sp³-hybridized carbons (Fsp3) is 0.500. The Morgan fingerprint density at radius 3 is 2.22 bits per heavy atom. The van der Waals surface area contributed by atoms with Crippen LogP contribution in [0.4, 0.5) is 13.2 Å². The molecule has 0 aromatic carbocycles. The molecule has 0 fully saturated rings. The summed E-state index contributed by atoms with van der Waals surface area (Å²) in [5.41, 5.74) is 0. The zero-order valence-corrected chi connectivity index (χ0v) is 4.00. The van der Waals surface area contributed by atoms with Crippen LogP contribution in [0.1, 0.15) is 0 Å². The normalized spacial score (nSPS) is 11.9. The van der Waals surface area contributed by atoms with Crippen LogP contribution in [0.25, 0.3) is 0 Å². The average molecular weight is 138 g/mol. The number of alkyl halides is 3. The molecule has 0 spiro atoms. The van der Waals surface area contributed by atoms with Crippen LogP contribution in [0.3, 0.4) is 0 Å². The number of hydrogen-bond donors (Lipinski definition) is 0. The largest absolute Gasteiger partial charge is 0.522 e. The molecule has 0 amide bonds. The van der Waals surface area contributed by atoms with Gasteiger partial charge >= 0.3 is 6.30 Å². The summed E-state index contributed by atoms with van der Waals surface area (Å²) in [6.45, 7) is 0. The lowest BCUT2D eigenvalue weighted by molar-refractivity contribution is -0.222. The van der Waals surface area contributed by atoms with E-state index in [9.17, 15) is 13.2 Å². The highest BCUT2D eigenvalue weighted by molar-refractivity contribution is 4.41. The first-order valence-corrected chi connectivity index (χ1v) is 1.91. The predicted octanol–water partition coefficient (Wildman–Crippen LogP) is 0.149. The van der Waals surface area contributed by atoms with Gasteiger partial charge in [-0.1, -0.05) is 4.80 Å². The van der Waals surface area contributed by atoms with Gasteiger partial charge in [0.05, 0.1) is 0 Å². The Kier molecular flexibility index (Phi) is 1.11. The lowest BCUT2D eigenvalue weighted by Gasteiger charge is -1.99. The van der Waals surface area contributed by atoms with Crippen molar-refractivity contribution in [3.63, 3.8) is 0 Å².